The van der Waals surface area contributed by atoms with Gasteiger partial charge in [0.2, 0.25) is 0 Å². The Morgan fingerprint density at radius 2 is 1.47 bits per heavy atom. The number of carbonyl (C=O) groups excluding carboxylic acids is 1. The number of carboxylic acids is 2. The Morgan fingerprint density at radius 1 is 0.938 bits per heavy atom. The smallest absolute Gasteiger partial charge is 0.320 e. The molecule has 1 fully saturated rings. The van der Waals surface area contributed by atoms with Crippen molar-refractivity contribution in [3.8, 4) is 0 Å². The van der Waals surface area contributed by atoms with Crippen LogP contribution in [0.15, 0.2) is 0 Å². The van der Waals surface area contributed by atoms with Crippen LogP contribution in [0, 0.1) is 5.41 Å². The van der Waals surface area contributed by atoms with Crippen molar-refractivity contribution in [3.63, 3.8) is 0 Å². The van der Waals surface area contributed by atoms with Gasteiger partial charge in [-0.2, -0.15) is 0 Å². The van der Waals surface area contributed by atoms with E-state index in [-0.39, 0.29) is 18.7 Å². The molecule has 32 heavy (non-hydrogen) atoms. The maximum Gasteiger partial charge on any atom is 0.320 e. The van der Waals surface area contributed by atoms with Crippen LogP contribution < -0.4 is 0 Å². The second kappa shape index (κ2) is 14.4. The maximum atomic E-state index is 12.1. The fraction of sp³-hybridized carbons (Fsp3) is 0.864. The molecule has 0 radical (unpaired) electrons. The predicted molar refractivity (Wildman–Crippen MR) is 121 cm³/mol. The van der Waals surface area contributed by atoms with E-state index in [1.807, 2.05) is 14.7 Å². The number of likely N-dealkylation sites (N-methyl/N-ethyl adjacent to an activating group) is 1. The average Bonchev–Trinajstić information content (AvgIpc) is 2.69. The van der Waals surface area contributed by atoms with Crippen LogP contribution in [0.1, 0.15) is 40.5 Å². The standard InChI is InChI=1S/C22H42N4O6/c1-5-23-8-9-24(16-20(28)29)10-11-25(17-32-18-27)13-15-26(14-12-23)19(21(30)31)6-7-22(2,3)4/h18-19H,5-17H2,1-4H3,(H,28,29)(H,30,31). The van der Waals surface area contributed by atoms with E-state index in [1.54, 1.807) is 0 Å². The molecule has 0 spiro atoms. The number of carbonyl (C=O) groups is 3. The topological polar surface area (TPSA) is 114 Å². The number of hydrogen-bond acceptors (Lipinski definition) is 8. The number of aliphatic carboxylic acids is 2. The van der Waals surface area contributed by atoms with Crippen molar-refractivity contribution in [3.05, 3.63) is 0 Å². The van der Waals surface area contributed by atoms with Crippen LogP contribution in [0.25, 0.3) is 0 Å². The summed E-state index contributed by atoms with van der Waals surface area (Å²) in [5.74, 6) is -1.68. The molecule has 0 aromatic rings. The zero-order chi connectivity index (χ0) is 24.1. The van der Waals surface area contributed by atoms with Crippen LogP contribution in [0.5, 0.6) is 0 Å². The molecule has 1 unspecified atom stereocenters. The van der Waals surface area contributed by atoms with Gasteiger partial charge in [-0.1, -0.05) is 27.7 Å². The summed E-state index contributed by atoms with van der Waals surface area (Å²) in [5, 5.41) is 19.2. The predicted octanol–water partition coefficient (Wildman–Crippen LogP) is 0.723. The molecular weight excluding hydrogens is 416 g/mol. The second-order valence-electron chi connectivity index (χ2n) is 9.60. The first-order chi connectivity index (χ1) is 15.1. The molecule has 0 saturated carbocycles. The lowest BCUT2D eigenvalue weighted by molar-refractivity contribution is -0.144. The minimum absolute atomic E-state index is 0.0417. The van der Waals surface area contributed by atoms with Crippen molar-refractivity contribution in [2.24, 2.45) is 5.41 Å². The molecule has 0 aromatic carbocycles. The van der Waals surface area contributed by atoms with Gasteiger partial charge in [-0.15, -0.1) is 0 Å². The molecule has 0 bridgehead atoms. The average molecular weight is 459 g/mol. The third-order valence-electron chi connectivity index (χ3n) is 5.90. The molecule has 186 valence electrons. The van der Waals surface area contributed by atoms with Crippen molar-refractivity contribution in [1.82, 2.24) is 19.6 Å². The Morgan fingerprint density at radius 3 is 1.97 bits per heavy atom. The van der Waals surface area contributed by atoms with Crippen LogP contribution in [0.4, 0.5) is 0 Å². The highest BCUT2D eigenvalue weighted by Gasteiger charge is 2.28. The molecule has 0 amide bonds. The van der Waals surface area contributed by atoms with Gasteiger partial charge in [0.15, 0.2) is 0 Å². The molecule has 2 N–H and O–H groups in total. The Labute approximate surface area is 192 Å². The van der Waals surface area contributed by atoms with Gasteiger partial charge in [0, 0.05) is 52.4 Å². The largest absolute Gasteiger partial charge is 0.480 e. The minimum atomic E-state index is -0.870. The van der Waals surface area contributed by atoms with Gasteiger partial charge in [-0.05, 0) is 24.8 Å². The Bertz CT molecular complexity index is 583. The summed E-state index contributed by atoms with van der Waals surface area (Å²) in [7, 11) is 0. The zero-order valence-corrected chi connectivity index (χ0v) is 20.2. The van der Waals surface area contributed by atoms with Crippen molar-refractivity contribution in [2.45, 2.75) is 46.6 Å². The van der Waals surface area contributed by atoms with E-state index >= 15 is 0 Å². The van der Waals surface area contributed by atoms with E-state index in [1.165, 1.54) is 0 Å². The SMILES string of the molecule is CCN1CCN(CC(=O)O)CCN(COC=O)CCN(C(CCC(C)(C)C)C(=O)O)CC1. The van der Waals surface area contributed by atoms with Gasteiger partial charge in [0.05, 0.1) is 6.54 Å². The second-order valence-corrected chi connectivity index (χ2v) is 9.60. The quantitative estimate of drug-likeness (QED) is 0.454. The Hall–Kier alpha value is -1.75. The van der Waals surface area contributed by atoms with Crippen LogP contribution in [0.2, 0.25) is 0 Å². The fourth-order valence-electron chi connectivity index (χ4n) is 3.83. The highest BCUT2D eigenvalue weighted by atomic mass is 16.5. The van der Waals surface area contributed by atoms with Crippen molar-refractivity contribution >= 4 is 18.4 Å². The zero-order valence-electron chi connectivity index (χ0n) is 20.2. The van der Waals surface area contributed by atoms with Gasteiger partial charge >= 0.3 is 11.9 Å². The number of ether oxygens (including phenoxy) is 1. The lowest BCUT2D eigenvalue weighted by Crippen LogP contribution is -2.51. The lowest BCUT2D eigenvalue weighted by Gasteiger charge is -2.36. The molecule has 1 atom stereocenters. The van der Waals surface area contributed by atoms with Crippen molar-refractivity contribution in [1.29, 1.82) is 0 Å². The summed E-state index contributed by atoms with van der Waals surface area (Å²) in [6.07, 6.45) is 1.38. The first-order valence-corrected chi connectivity index (χ1v) is 11.5. The molecular formula is C22H42N4O6. The van der Waals surface area contributed by atoms with Crippen molar-refractivity contribution < 1.29 is 29.3 Å². The van der Waals surface area contributed by atoms with Crippen LogP contribution in [0.3, 0.4) is 0 Å². The van der Waals surface area contributed by atoms with E-state index in [4.69, 9.17) is 4.74 Å². The number of nitrogens with zero attached hydrogens (tertiary/aromatic N) is 4. The van der Waals surface area contributed by atoms with Crippen LogP contribution in [-0.2, 0) is 19.1 Å². The van der Waals surface area contributed by atoms with Gasteiger partial charge < -0.3 is 19.8 Å². The van der Waals surface area contributed by atoms with Gasteiger partial charge in [0.25, 0.3) is 6.47 Å². The number of carboxylic acid groups (broad SMARTS) is 2. The maximum absolute atomic E-state index is 12.1. The molecule has 10 nitrogen and oxygen atoms in total. The Balaban J connectivity index is 3.00. The summed E-state index contributed by atoms with van der Waals surface area (Å²) in [6.45, 7) is 14.4. The van der Waals surface area contributed by atoms with E-state index in [0.717, 1.165) is 13.0 Å². The number of hydrogen-bond donors (Lipinski definition) is 2. The highest BCUT2D eigenvalue weighted by Crippen LogP contribution is 2.23. The van der Waals surface area contributed by atoms with E-state index in [0.29, 0.717) is 65.3 Å². The molecule has 1 aliphatic rings. The molecule has 0 aromatic heterocycles. The molecule has 1 saturated heterocycles. The van der Waals surface area contributed by atoms with Gasteiger partial charge in [0.1, 0.15) is 12.8 Å². The fourth-order valence-corrected chi connectivity index (χ4v) is 3.83. The number of rotatable bonds is 10. The summed E-state index contributed by atoms with van der Waals surface area (Å²) in [4.78, 5) is 42.2. The van der Waals surface area contributed by atoms with E-state index in [2.05, 4.69) is 32.6 Å². The normalized spacial score (nSPS) is 20.1. The van der Waals surface area contributed by atoms with Crippen LogP contribution >= 0.6 is 0 Å². The molecule has 1 heterocycles. The van der Waals surface area contributed by atoms with Gasteiger partial charge in [-0.25, -0.2) is 0 Å². The third-order valence-corrected chi connectivity index (χ3v) is 5.90. The molecule has 1 rings (SSSR count). The van der Waals surface area contributed by atoms with E-state index in [9.17, 15) is 24.6 Å². The summed E-state index contributed by atoms with van der Waals surface area (Å²) in [5.41, 5.74) is 0.0487. The minimum Gasteiger partial charge on any atom is -0.480 e. The molecule has 1 aliphatic heterocycles. The summed E-state index contributed by atoms with van der Waals surface area (Å²) >= 11 is 0. The molecule has 10 heteroatoms. The van der Waals surface area contributed by atoms with E-state index < -0.39 is 18.0 Å². The van der Waals surface area contributed by atoms with Gasteiger partial charge in [-0.3, -0.25) is 29.1 Å². The monoisotopic (exact) mass is 458 g/mol. The van der Waals surface area contributed by atoms with Crippen LogP contribution in [-0.4, -0.2) is 126 Å². The summed E-state index contributed by atoms with van der Waals surface area (Å²) < 4.78 is 4.95. The first-order valence-electron chi connectivity index (χ1n) is 11.5. The Kier molecular flexibility index (Phi) is 12.7. The highest BCUT2D eigenvalue weighted by molar-refractivity contribution is 5.73. The third kappa shape index (κ3) is 11.8. The lowest BCUT2D eigenvalue weighted by atomic mass is 9.88. The van der Waals surface area contributed by atoms with Crippen molar-refractivity contribution in [2.75, 3.05) is 72.2 Å². The first kappa shape index (κ1) is 28.3. The summed E-state index contributed by atoms with van der Waals surface area (Å²) in [6, 6.07) is -0.576. The molecule has 0 aliphatic carbocycles.